The highest BCUT2D eigenvalue weighted by atomic mass is 32.2. The minimum absolute atomic E-state index is 0.0763. The van der Waals surface area contributed by atoms with Gasteiger partial charge in [0, 0.05) is 6.54 Å². The van der Waals surface area contributed by atoms with Crippen LogP contribution in [0.1, 0.15) is 36.6 Å². The highest BCUT2D eigenvalue weighted by Crippen LogP contribution is 2.35. The zero-order valence-corrected chi connectivity index (χ0v) is 16.1. The molecule has 0 aliphatic carbocycles. The van der Waals surface area contributed by atoms with Crippen LogP contribution in [0.15, 0.2) is 60.7 Å². The van der Waals surface area contributed by atoms with E-state index in [9.17, 15) is 9.59 Å². The van der Waals surface area contributed by atoms with Crippen molar-refractivity contribution in [2.45, 2.75) is 31.6 Å². The molecule has 2 N–H and O–H groups in total. The van der Waals surface area contributed by atoms with Crippen molar-refractivity contribution in [3.63, 3.8) is 0 Å². The van der Waals surface area contributed by atoms with Gasteiger partial charge in [-0.1, -0.05) is 67.6 Å². The number of benzene rings is 2. The van der Waals surface area contributed by atoms with Gasteiger partial charge in [-0.2, -0.15) is 0 Å². The van der Waals surface area contributed by atoms with E-state index in [-0.39, 0.29) is 17.1 Å². The van der Waals surface area contributed by atoms with Crippen LogP contribution in [0.2, 0.25) is 0 Å². The summed E-state index contributed by atoms with van der Waals surface area (Å²) in [4.78, 5) is 24.2. The Kier molecular flexibility index (Phi) is 8.22. The fourth-order valence-electron chi connectivity index (χ4n) is 2.55. The lowest BCUT2D eigenvalue weighted by atomic mass is 10.0. The van der Waals surface area contributed by atoms with Gasteiger partial charge >= 0.3 is 0 Å². The number of thioether (sulfide) groups is 1. The van der Waals surface area contributed by atoms with Crippen molar-refractivity contribution < 1.29 is 9.59 Å². The molecule has 138 valence electrons. The maximum Gasteiger partial charge on any atom is 0.242 e. The summed E-state index contributed by atoms with van der Waals surface area (Å²) in [6.07, 6.45) is 0.873. The molecular weight excluding hydrogens is 344 g/mol. The van der Waals surface area contributed by atoms with E-state index in [0.29, 0.717) is 12.3 Å². The second-order valence-electron chi connectivity index (χ2n) is 6.09. The van der Waals surface area contributed by atoms with E-state index >= 15 is 0 Å². The third kappa shape index (κ3) is 6.23. The molecule has 0 aliphatic rings. The Hall–Kier alpha value is -2.27. The van der Waals surface area contributed by atoms with Crippen molar-refractivity contribution in [1.29, 1.82) is 0 Å². The molecule has 0 saturated carbocycles. The summed E-state index contributed by atoms with van der Waals surface area (Å²) in [5.41, 5.74) is 2.32. The van der Waals surface area contributed by atoms with Crippen LogP contribution in [0.5, 0.6) is 0 Å². The average Bonchev–Trinajstić information content (AvgIpc) is 2.67. The van der Waals surface area contributed by atoms with Gasteiger partial charge in [-0.25, -0.2) is 0 Å². The van der Waals surface area contributed by atoms with E-state index in [0.717, 1.165) is 17.5 Å². The Morgan fingerprint density at radius 3 is 2.00 bits per heavy atom. The van der Waals surface area contributed by atoms with Crippen molar-refractivity contribution in [2.75, 3.05) is 12.3 Å². The standard InChI is InChI=1S/C21H26N2O2S/c1-3-14-22-21(25)16(2)23-19(24)15-26-20(17-10-6-4-7-11-17)18-12-8-5-9-13-18/h4-13,16,20H,3,14-15H2,1-2H3,(H,22,25)(H,23,24)/t16-/m1/s1. The largest absolute Gasteiger partial charge is 0.354 e. The number of nitrogens with one attached hydrogen (secondary N) is 2. The fourth-order valence-corrected chi connectivity index (χ4v) is 3.65. The van der Waals surface area contributed by atoms with Gasteiger partial charge in [0.1, 0.15) is 6.04 Å². The quantitative estimate of drug-likeness (QED) is 0.710. The first-order valence-electron chi connectivity index (χ1n) is 8.90. The first-order chi connectivity index (χ1) is 12.6. The number of carbonyl (C=O) groups excluding carboxylic acids is 2. The molecule has 0 fully saturated rings. The van der Waals surface area contributed by atoms with E-state index in [1.807, 2.05) is 43.3 Å². The van der Waals surface area contributed by atoms with Crippen LogP contribution >= 0.6 is 11.8 Å². The number of carbonyl (C=O) groups is 2. The molecule has 0 unspecified atom stereocenters. The monoisotopic (exact) mass is 370 g/mol. The van der Waals surface area contributed by atoms with E-state index in [2.05, 4.69) is 34.9 Å². The number of hydrogen-bond acceptors (Lipinski definition) is 3. The number of rotatable bonds is 9. The second-order valence-corrected chi connectivity index (χ2v) is 7.19. The third-order valence-electron chi connectivity index (χ3n) is 3.91. The topological polar surface area (TPSA) is 58.2 Å². The zero-order valence-electron chi connectivity index (χ0n) is 15.3. The van der Waals surface area contributed by atoms with Crippen molar-refractivity contribution >= 4 is 23.6 Å². The number of hydrogen-bond donors (Lipinski definition) is 2. The Morgan fingerprint density at radius 2 is 1.50 bits per heavy atom. The van der Waals surface area contributed by atoms with Crippen LogP contribution in [0.25, 0.3) is 0 Å². The first kappa shape index (κ1) is 20.0. The molecule has 0 spiro atoms. The molecule has 26 heavy (non-hydrogen) atoms. The Bertz CT molecular complexity index is 652. The SMILES string of the molecule is CCCNC(=O)[C@@H](C)NC(=O)CSC(c1ccccc1)c1ccccc1. The Morgan fingerprint density at radius 1 is 0.962 bits per heavy atom. The molecule has 2 aromatic rings. The summed E-state index contributed by atoms with van der Waals surface area (Å²) in [5.74, 6) is 0.0127. The molecule has 0 aliphatic heterocycles. The van der Waals surface area contributed by atoms with Gasteiger partial charge in [-0.3, -0.25) is 9.59 Å². The lowest BCUT2D eigenvalue weighted by Crippen LogP contribution is -2.45. The lowest BCUT2D eigenvalue weighted by molar-refractivity contribution is -0.127. The Balaban J connectivity index is 1.97. The minimum atomic E-state index is -0.526. The third-order valence-corrected chi connectivity index (χ3v) is 5.21. The summed E-state index contributed by atoms with van der Waals surface area (Å²) in [5, 5.41) is 5.64. The summed E-state index contributed by atoms with van der Waals surface area (Å²) in [6, 6.07) is 19.8. The summed E-state index contributed by atoms with van der Waals surface area (Å²) in [6.45, 7) is 4.32. The molecule has 2 amide bonds. The van der Waals surface area contributed by atoms with Gasteiger partial charge in [0.25, 0.3) is 0 Å². The predicted molar refractivity (Wildman–Crippen MR) is 108 cm³/mol. The van der Waals surface area contributed by atoms with Gasteiger partial charge in [0.15, 0.2) is 0 Å². The second kappa shape index (κ2) is 10.7. The van der Waals surface area contributed by atoms with Crippen LogP contribution in [-0.2, 0) is 9.59 Å². The van der Waals surface area contributed by atoms with Crippen LogP contribution < -0.4 is 10.6 Å². The summed E-state index contributed by atoms with van der Waals surface area (Å²) in [7, 11) is 0. The van der Waals surface area contributed by atoms with E-state index in [1.54, 1.807) is 18.7 Å². The van der Waals surface area contributed by atoms with Gasteiger partial charge < -0.3 is 10.6 Å². The zero-order chi connectivity index (χ0) is 18.8. The van der Waals surface area contributed by atoms with Crippen LogP contribution in [0.3, 0.4) is 0 Å². The van der Waals surface area contributed by atoms with Crippen molar-refractivity contribution in [2.24, 2.45) is 0 Å². The van der Waals surface area contributed by atoms with Crippen molar-refractivity contribution in [3.05, 3.63) is 71.8 Å². The molecule has 2 rings (SSSR count). The summed E-state index contributed by atoms with van der Waals surface area (Å²) < 4.78 is 0. The van der Waals surface area contributed by atoms with Gasteiger partial charge in [-0.15, -0.1) is 11.8 Å². The molecule has 0 bridgehead atoms. The van der Waals surface area contributed by atoms with Crippen LogP contribution in [-0.4, -0.2) is 30.2 Å². The molecule has 0 heterocycles. The average molecular weight is 371 g/mol. The lowest BCUT2D eigenvalue weighted by Gasteiger charge is -2.19. The van der Waals surface area contributed by atoms with E-state index in [4.69, 9.17) is 0 Å². The van der Waals surface area contributed by atoms with Gasteiger partial charge in [-0.05, 0) is 24.5 Å². The maximum absolute atomic E-state index is 12.3. The van der Waals surface area contributed by atoms with Crippen LogP contribution in [0.4, 0.5) is 0 Å². The molecule has 1 atom stereocenters. The van der Waals surface area contributed by atoms with Gasteiger partial charge in [0.2, 0.25) is 11.8 Å². The summed E-state index contributed by atoms with van der Waals surface area (Å²) >= 11 is 1.56. The Labute approximate surface area is 159 Å². The van der Waals surface area contributed by atoms with Crippen molar-refractivity contribution in [3.8, 4) is 0 Å². The molecule has 4 nitrogen and oxygen atoms in total. The molecule has 0 aromatic heterocycles. The van der Waals surface area contributed by atoms with Crippen molar-refractivity contribution in [1.82, 2.24) is 10.6 Å². The maximum atomic E-state index is 12.3. The first-order valence-corrected chi connectivity index (χ1v) is 9.95. The predicted octanol–water partition coefficient (Wildman–Crippen LogP) is 3.54. The molecule has 0 saturated heterocycles. The molecular formula is C21H26N2O2S. The molecule has 2 aromatic carbocycles. The smallest absolute Gasteiger partial charge is 0.242 e. The minimum Gasteiger partial charge on any atom is -0.354 e. The highest BCUT2D eigenvalue weighted by molar-refractivity contribution is 8.00. The van der Waals surface area contributed by atoms with E-state index < -0.39 is 6.04 Å². The fraction of sp³-hybridized carbons (Fsp3) is 0.333. The van der Waals surface area contributed by atoms with Crippen LogP contribution in [0, 0.1) is 0 Å². The highest BCUT2D eigenvalue weighted by Gasteiger charge is 2.19. The molecule has 5 heteroatoms. The number of amides is 2. The normalized spacial score (nSPS) is 11.8. The van der Waals surface area contributed by atoms with E-state index in [1.165, 1.54) is 0 Å². The van der Waals surface area contributed by atoms with Gasteiger partial charge in [0.05, 0.1) is 11.0 Å². The molecule has 0 radical (unpaired) electrons.